The average Bonchev–Trinajstić information content (AvgIpc) is 2.83. The minimum atomic E-state index is -0.211. The van der Waals surface area contributed by atoms with E-state index in [2.05, 4.69) is 10.6 Å². The fraction of sp³-hybridized carbons (Fsp3) is 0.846. The molecule has 1 aliphatic rings. The molecule has 6 heteroatoms. The second-order valence-electron chi connectivity index (χ2n) is 5.09. The third-order valence-corrected chi connectivity index (χ3v) is 3.51. The lowest BCUT2D eigenvalue weighted by molar-refractivity contribution is -0.127. The minimum Gasteiger partial charge on any atom is -0.356 e. The van der Waals surface area contributed by atoms with Gasteiger partial charge in [0.1, 0.15) is 0 Å². The van der Waals surface area contributed by atoms with Crippen molar-refractivity contribution >= 4 is 24.2 Å². The molecular formula is C13H26ClN3O2. The summed E-state index contributed by atoms with van der Waals surface area (Å²) < 4.78 is 0. The van der Waals surface area contributed by atoms with Crippen LogP contribution in [0.1, 0.15) is 51.9 Å². The molecular weight excluding hydrogens is 266 g/mol. The lowest BCUT2D eigenvalue weighted by atomic mass is 9.97. The Labute approximate surface area is 121 Å². The molecule has 0 aromatic rings. The Morgan fingerprint density at radius 3 is 2.26 bits per heavy atom. The maximum absolute atomic E-state index is 11.8. The highest BCUT2D eigenvalue weighted by molar-refractivity contribution is 5.85. The summed E-state index contributed by atoms with van der Waals surface area (Å²) in [5.41, 5.74) is 5.53. The average molecular weight is 292 g/mol. The van der Waals surface area contributed by atoms with Crippen molar-refractivity contribution in [3.8, 4) is 0 Å². The molecule has 0 bridgehead atoms. The Kier molecular flexibility index (Phi) is 8.76. The van der Waals surface area contributed by atoms with Crippen LogP contribution >= 0.6 is 12.4 Å². The Morgan fingerprint density at radius 2 is 1.74 bits per heavy atom. The predicted octanol–water partition coefficient (Wildman–Crippen LogP) is 1.10. The molecule has 0 atom stereocenters. The van der Waals surface area contributed by atoms with Gasteiger partial charge in [-0.25, -0.2) is 0 Å². The van der Waals surface area contributed by atoms with Crippen molar-refractivity contribution in [2.45, 2.75) is 57.4 Å². The van der Waals surface area contributed by atoms with Crippen LogP contribution in [0.15, 0.2) is 0 Å². The Morgan fingerprint density at radius 1 is 1.16 bits per heavy atom. The summed E-state index contributed by atoms with van der Waals surface area (Å²) in [5.74, 6) is -0.116. The van der Waals surface area contributed by atoms with Crippen LogP contribution in [0.2, 0.25) is 0 Å². The van der Waals surface area contributed by atoms with E-state index >= 15 is 0 Å². The molecule has 1 saturated carbocycles. The van der Waals surface area contributed by atoms with Gasteiger partial charge in [0.25, 0.3) is 0 Å². The molecule has 0 aromatic heterocycles. The third kappa shape index (κ3) is 6.25. The van der Waals surface area contributed by atoms with Gasteiger partial charge in [0.2, 0.25) is 11.8 Å². The Balaban J connectivity index is 0.00000324. The first-order chi connectivity index (χ1) is 8.62. The van der Waals surface area contributed by atoms with Gasteiger partial charge in [0.15, 0.2) is 0 Å². The van der Waals surface area contributed by atoms with Gasteiger partial charge in [-0.2, -0.15) is 0 Å². The summed E-state index contributed by atoms with van der Waals surface area (Å²) in [5, 5.41) is 5.77. The topological polar surface area (TPSA) is 84.2 Å². The summed E-state index contributed by atoms with van der Waals surface area (Å²) in [6.45, 7) is 3.16. The van der Waals surface area contributed by atoms with E-state index in [0.29, 0.717) is 13.1 Å². The highest BCUT2D eigenvalue weighted by atomic mass is 35.5. The largest absolute Gasteiger partial charge is 0.356 e. The van der Waals surface area contributed by atoms with Crippen molar-refractivity contribution in [3.05, 3.63) is 0 Å². The summed E-state index contributed by atoms with van der Waals surface area (Å²) in [7, 11) is 0. The smallest absolute Gasteiger partial charge is 0.220 e. The van der Waals surface area contributed by atoms with E-state index in [9.17, 15) is 9.59 Å². The zero-order chi connectivity index (χ0) is 13.4. The normalized spacial score (nSPS) is 16.5. The number of carbonyl (C=O) groups excluding carboxylic acids is 2. The summed E-state index contributed by atoms with van der Waals surface area (Å²) in [4.78, 5) is 23.2. The number of rotatable bonds is 7. The van der Waals surface area contributed by atoms with Gasteiger partial charge >= 0.3 is 0 Å². The van der Waals surface area contributed by atoms with Crippen LogP contribution in [0.5, 0.6) is 0 Å². The first-order valence-corrected chi connectivity index (χ1v) is 6.89. The van der Waals surface area contributed by atoms with Gasteiger partial charge in [-0.15, -0.1) is 12.4 Å². The predicted molar refractivity (Wildman–Crippen MR) is 78.2 cm³/mol. The van der Waals surface area contributed by atoms with E-state index in [4.69, 9.17) is 5.73 Å². The molecule has 4 N–H and O–H groups in total. The molecule has 0 heterocycles. The molecule has 2 amide bonds. The quantitative estimate of drug-likeness (QED) is 0.657. The number of amides is 2. The van der Waals surface area contributed by atoms with Crippen molar-refractivity contribution < 1.29 is 9.59 Å². The van der Waals surface area contributed by atoms with Crippen molar-refractivity contribution in [1.82, 2.24) is 10.6 Å². The lowest BCUT2D eigenvalue weighted by Crippen LogP contribution is -2.51. The van der Waals surface area contributed by atoms with E-state index in [1.807, 2.05) is 6.92 Å². The van der Waals surface area contributed by atoms with Gasteiger partial charge in [0.05, 0.1) is 5.54 Å². The second kappa shape index (κ2) is 9.15. The SMILES string of the molecule is CCCNC(=O)CCC(=O)NC1(CN)CCCC1.Cl. The minimum absolute atomic E-state index is 0. The molecule has 0 radical (unpaired) electrons. The highest BCUT2D eigenvalue weighted by Gasteiger charge is 2.33. The van der Waals surface area contributed by atoms with Gasteiger partial charge in [0, 0.05) is 25.9 Å². The van der Waals surface area contributed by atoms with Crippen LogP contribution < -0.4 is 16.4 Å². The van der Waals surface area contributed by atoms with Crippen molar-refractivity contribution in [2.75, 3.05) is 13.1 Å². The highest BCUT2D eigenvalue weighted by Crippen LogP contribution is 2.28. The second-order valence-corrected chi connectivity index (χ2v) is 5.09. The number of carbonyl (C=O) groups is 2. The van der Waals surface area contributed by atoms with E-state index < -0.39 is 0 Å². The van der Waals surface area contributed by atoms with Crippen LogP contribution in [0.4, 0.5) is 0 Å². The van der Waals surface area contributed by atoms with Crippen LogP contribution in [0.3, 0.4) is 0 Å². The maximum Gasteiger partial charge on any atom is 0.220 e. The lowest BCUT2D eigenvalue weighted by Gasteiger charge is -2.28. The van der Waals surface area contributed by atoms with Gasteiger partial charge in [-0.05, 0) is 19.3 Å². The van der Waals surface area contributed by atoms with Gasteiger partial charge in [-0.1, -0.05) is 19.8 Å². The zero-order valence-corrected chi connectivity index (χ0v) is 12.5. The van der Waals surface area contributed by atoms with E-state index in [-0.39, 0.29) is 42.6 Å². The monoisotopic (exact) mass is 291 g/mol. The zero-order valence-electron chi connectivity index (χ0n) is 11.7. The number of nitrogens with one attached hydrogen (secondary N) is 2. The molecule has 0 aliphatic heterocycles. The van der Waals surface area contributed by atoms with Crippen molar-refractivity contribution in [3.63, 3.8) is 0 Å². The first-order valence-electron chi connectivity index (χ1n) is 6.89. The Hall–Kier alpha value is -0.810. The van der Waals surface area contributed by atoms with Gasteiger partial charge < -0.3 is 16.4 Å². The Bertz CT molecular complexity index is 292. The van der Waals surface area contributed by atoms with Crippen molar-refractivity contribution in [1.29, 1.82) is 0 Å². The summed E-state index contributed by atoms with van der Waals surface area (Å²) in [6, 6.07) is 0. The molecule has 0 spiro atoms. The number of hydrogen-bond acceptors (Lipinski definition) is 3. The van der Waals surface area contributed by atoms with E-state index in [1.165, 1.54) is 0 Å². The van der Waals surface area contributed by atoms with Crippen LogP contribution in [0.25, 0.3) is 0 Å². The van der Waals surface area contributed by atoms with Crippen LogP contribution in [-0.4, -0.2) is 30.4 Å². The molecule has 19 heavy (non-hydrogen) atoms. The maximum atomic E-state index is 11.8. The molecule has 112 valence electrons. The van der Waals surface area contributed by atoms with Crippen LogP contribution in [0, 0.1) is 0 Å². The first kappa shape index (κ1) is 18.2. The molecule has 0 aromatic carbocycles. The number of hydrogen-bond donors (Lipinski definition) is 3. The third-order valence-electron chi connectivity index (χ3n) is 3.51. The molecule has 0 unspecified atom stereocenters. The summed E-state index contributed by atoms with van der Waals surface area (Å²) in [6.07, 6.45) is 5.56. The fourth-order valence-electron chi connectivity index (χ4n) is 2.37. The van der Waals surface area contributed by atoms with Crippen LogP contribution in [-0.2, 0) is 9.59 Å². The van der Waals surface area contributed by atoms with E-state index in [1.54, 1.807) is 0 Å². The molecule has 0 saturated heterocycles. The fourth-order valence-corrected chi connectivity index (χ4v) is 2.37. The van der Waals surface area contributed by atoms with E-state index in [0.717, 1.165) is 32.1 Å². The molecule has 1 aliphatic carbocycles. The van der Waals surface area contributed by atoms with Gasteiger partial charge in [-0.3, -0.25) is 9.59 Å². The molecule has 1 fully saturated rings. The molecule has 5 nitrogen and oxygen atoms in total. The van der Waals surface area contributed by atoms with Crippen molar-refractivity contribution in [2.24, 2.45) is 5.73 Å². The molecule has 1 rings (SSSR count). The standard InChI is InChI=1S/C13H25N3O2.ClH/c1-2-9-15-11(17)5-6-12(18)16-13(10-14)7-3-4-8-13;/h2-10,14H2,1H3,(H,15,17)(H,16,18);1H. The number of halogens is 1. The number of nitrogens with two attached hydrogens (primary N) is 1. The summed E-state index contributed by atoms with van der Waals surface area (Å²) >= 11 is 0.